The van der Waals surface area contributed by atoms with E-state index in [0.29, 0.717) is 30.1 Å². The zero-order valence-electron chi connectivity index (χ0n) is 18.1. The van der Waals surface area contributed by atoms with Gasteiger partial charge in [0.05, 0.1) is 12.5 Å². The highest BCUT2D eigenvalue weighted by Gasteiger charge is 2.60. The fourth-order valence-electron chi connectivity index (χ4n) is 5.77. The fourth-order valence-corrected chi connectivity index (χ4v) is 5.77. The lowest BCUT2D eigenvalue weighted by Gasteiger charge is -2.48. The molecule has 0 heterocycles. The van der Waals surface area contributed by atoms with E-state index in [1.54, 1.807) is 0 Å². The second-order valence-corrected chi connectivity index (χ2v) is 10.6. The van der Waals surface area contributed by atoms with Crippen LogP contribution in [0.15, 0.2) is 0 Å². The minimum absolute atomic E-state index is 0.0493. The van der Waals surface area contributed by atoms with Crippen LogP contribution in [0.4, 0.5) is 0 Å². The summed E-state index contributed by atoms with van der Waals surface area (Å²) >= 11 is 0. The number of aliphatic carboxylic acids is 1. The van der Waals surface area contributed by atoms with Crippen molar-refractivity contribution in [3.05, 3.63) is 0 Å². The number of fused-ring (bicyclic) bond motifs is 2. The van der Waals surface area contributed by atoms with Gasteiger partial charge in [0.2, 0.25) is 0 Å². The Labute approximate surface area is 168 Å². The molecule has 28 heavy (non-hydrogen) atoms. The van der Waals surface area contributed by atoms with Gasteiger partial charge in [-0.15, -0.1) is 0 Å². The topological polar surface area (TPSA) is 89.9 Å². The van der Waals surface area contributed by atoms with Crippen LogP contribution in [0.3, 0.4) is 0 Å². The van der Waals surface area contributed by atoms with Crippen LogP contribution in [0.1, 0.15) is 67.2 Å². The van der Waals surface area contributed by atoms with Crippen molar-refractivity contribution in [3.8, 4) is 0 Å². The Morgan fingerprint density at radius 1 is 0.929 bits per heavy atom. The van der Waals surface area contributed by atoms with Gasteiger partial charge in [0, 0.05) is 6.42 Å². The van der Waals surface area contributed by atoms with Gasteiger partial charge in [0.25, 0.3) is 0 Å². The van der Waals surface area contributed by atoms with Gasteiger partial charge in [-0.3, -0.25) is 9.59 Å². The van der Waals surface area contributed by atoms with E-state index in [1.807, 2.05) is 0 Å². The summed E-state index contributed by atoms with van der Waals surface area (Å²) in [5.74, 6) is 0.0809. The molecule has 5 unspecified atom stereocenters. The summed E-state index contributed by atoms with van der Waals surface area (Å²) in [7, 11) is 0. The molecule has 2 aliphatic carbocycles. The maximum Gasteiger partial charge on any atom is 0.341 e. The molecule has 6 heteroatoms. The number of esters is 2. The van der Waals surface area contributed by atoms with Crippen molar-refractivity contribution in [3.63, 3.8) is 0 Å². The van der Waals surface area contributed by atoms with Crippen LogP contribution in [-0.4, -0.2) is 36.2 Å². The van der Waals surface area contributed by atoms with Crippen molar-refractivity contribution in [1.82, 2.24) is 0 Å². The number of hydrogen-bond acceptors (Lipinski definition) is 5. The van der Waals surface area contributed by atoms with E-state index in [9.17, 15) is 14.4 Å². The van der Waals surface area contributed by atoms with Crippen molar-refractivity contribution in [1.29, 1.82) is 0 Å². The minimum atomic E-state index is -1.18. The average molecular weight is 397 g/mol. The summed E-state index contributed by atoms with van der Waals surface area (Å²) < 4.78 is 10.0. The summed E-state index contributed by atoms with van der Waals surface area (Å²) in [5, 5.41) is 8.48. The Hall–Kier alpha value is -1.59. The highest BCUT2D eigenvalue weighted by molar-refractivity contribution is 5.75. The third-order valence-electron chi connectivity index (χ3n) is 6.43. The Balaban J connectivity index is 1.87. The van der Waals surface area contributed by atoms with Crippen LogP contribution in [-0.2, 0) is 23.9 Å². The van der Waals surface area contributed by atoms with E-state index in [1.165, 1.54) is 0 Å². The van der Waals surface area contributed by atoms with E-state index in [4.69, 9.17) is 9.84 Å². The zero-order valence-corrected chi connectivity index (χ0v) is 18.1. The van der Waals surface area contributed by atoms with Crippen LogP contribution < -0.4 is 0 Å². The Morgan fingerprint density at radius 2 is 1.54 bits per heavy atom. The highest BCUT2D eigenvalue weighted by atomic mass is 16.6. The van der Waals surface area contributed by atoms with Crippen LogP contribution in [0, 0.1) is 40.4 Å². The number of ether oxygens (including phenoxy) is 2. The first-order valence-electron chi connectivity index (χ1n) is 10.4. The van der Waals surface area contributed by atoms with Gasteiger partial charge >= 0.3 is 17.9 Å². The third-order valence-corrected chi connectivity index (χ3v) is 6.43. The summed E-state index contributed by atoms with van der Waals surface area (Å²) in [6, 6.07) is 0. The van der Waals surface area contributed by atoms with E-state index in [2.05, 4.69) is 46.3 Å². The highest BCUT2D eigenvalue weighted by Crippen LogP contribution is 2.64. The first kappa shape index (κ1) is 22.7. The molecule has 0 aliphatic heterocycles. The van der Waals surface area contributed by atoms with Crippen LogP contribution in [0.2, 0.25) is 0 Å². The Kier molecular flexibility index (Phi) is 6.82. The summed E-state index contributed by atoms with van der Waals surface area (Å²) in [4.78, 5) is 34.5. The summed E-state index contributed by atoms with van der Waals surface area (Å²) in [5.41, 5.74) is 0.368. The monoisotopic (exact) mass is 396 g/mol. The number of hydrogen-bond donors (Lipinski definition) is 1. The largest absolute Gasteiger partial charge is 0.479 e. The van der Waals surface area contributed by atoms with E-state index in [-0.39, 0.29) is 35.7 Å². The molecular formula is C22H36O6. The minimum Gasteiger partial charge on any atom is -0.479 e. The molecule has 0 amide bonds. The molecule has 0 aromatic heterocycles. The first-order valence-corrected chi connectivity index (χ1v) is 10.4. The molecule has 2 fully saturated rings. The van der Waals surface area contributed by atoms with Crippen LogP contribution >= 0.6 is 0 Å². The normalized spacial score (nSPS) is 29.6. The maximum atomic E-state index is 12.7. The maximum absolute atomic E-state index is 12.7. The number of carboxylic acids is 1. The average Bonchev–Trinajstić information content (AvgIpc) is 3.14. The van der Waals surface area contributed by atoms with Crippen LogP contribution in [0.25, 0.3) is 0 Å². The van der Waals surface area contributed by atoms with Gasteiger partial charge in [-0.2, -0.15) is 0 Å². The molecule has 2 saturated carbocycles. The predicted molar refractivity (Wildman–Crippen MR) is 104 cm³/mol. The van der Waals surface area contributed by atoms with Gasteiger partial charge in [0.15, 0.2) is 6.61 Å². The van der Waals surface area contributed by atoms with Crippen molar-refractivity contribution < 1.29 is 29.0 Å². The van der Waals surface area contributed by atoms with Crippen molar-refractivity contribution in [2.45, 2.75) is 67.2 Å². The lowest BCUT2D eigenvalue weighted by atomic mass is 9.57. The Morgan fingerprint density at radius 3 is 2.07 bits per heavy atom. The molecule has 0 aromatic carbocycles. The lowest BCUT2D eigenvalue weighted by Crippen LogP contribution is -2.44. The third kappa shape index (κ3) is 5.26. The number of carbonyl (C=O) groups excluding carboxylic acids is 2. The van der Waals surface area contributed by atoms with Crippen LogP contribution in [0.5, 0.6) is 0 Å². The second-order valence-electron chi connectivity index (χ2n) is 10.6. The molecule has 1 N–H and O–H groups in total. The number of rotatable bonds is 7. The molecule has 5 atom stereocenters. The molecule has 0 aromatic rings. The van der Waals surface area contributed by atoms with Gasteiger partial charge < -0.3 is 14.6 Å². The van der Waals surface area contributed by atoms with Gasteiger partial charge in [-0.25, -0.2) is 4.79 Å². The number of carboxylic acid groups (broad SMARTS) is 1. The molecule has 160 valence electrons. The molecule has 6 nitrogen and oxygen atoms in total. The van der Waals surface area contributed by atoms with Crippen molar-refractivity contribution in [2.24, 2.45) is 40.4 Å². The van der Waals surface area contributed by atoms with Gasteiger partial charge in [0.1, 0.15) is 0 Å². The SMILES string of the molecule is CC(C)(C)C1C2CC(C(=O)OCCCC(=O)OCC(=O)O)C(C2)C1C(C)(C)C. The van der Waals surface area contributed by atoms with E-state index < -0.39 is 18.5 Å². The summed E-state index contributed by atoms with van der Waals surface area (Å²) in [6.07, 6.45) is 2.40. The molecular weight excluding hydrogens is 360 g/mol. The predicted octanol–water partition coefficient (Wildman–Crippen LogP) is 3.92. The van der Waals surface area contributed by atoms with Gasteiger partial charge in [-0.05, 0) is 53.8 Å². The first-order chi connectivity index (χ1) is 12.8. The quantitative estimate of drug-likeness (QED) is 0.518. The van der Waals surface area contributed by atoms with Gasteiger partial charge in [-0.1, -0.05) is 41.5 Å². The summed E-state index contributed by atoms with van der Waals surface area (Å²) in [6.45, 7) is 13.3. The fraction of sp³-hybridized carbons (Fsp3) is 0.864. The molecule has 0 radical (unpaired) electrons. The zero-order chi connectivity index (χ0) is 21.3. The molecule has 2 bridgehead atoms. The van der Waals surface area contributed by atoms with Crippen molar-refractivity contribution in [2.75, 3.05) is 13.2 Å². The smallest absolute Gasteiger partial charge is 0.341 e. The molecule has 2 aliphatic rings. The van der Waals surface area contributed by atoms with E-state index >= 15 is 0 Å². The van der Waals surface area contributed by atoms with E-state index in [0.717, 1.165) is 12.8 Å². The Bertz CT molecular complexity index is 597. The second kappa shape index (κ2) is 8.42. The molecule has 0 spiro atoms. The van der Waals surface area contributed by atoms with Crippen molar-refractivity contribution >= 4 is 17.9 Å². The number of carbonyl (C=O) groups is 3. The molecule has 2 rings (SSSR count). The molecule has 0 saturated heterocycles. The lowest BCUT2D eigenvalue weighted by molar-refractivity contribution is -0.157. The standard InChI is InChI=1S/C22H36O6/c1-21(2,3)18-13-10-14(19(18)22(4,5)6)15(11-13)20(26)27-9-7-8-17(25)28-12-16(23)24/h13-15,18-19H,7-12H2,1-6H3,(H,23,24).